The molecule has 0 unspecified atom stereocenters. The molecule has 2 aliphatic rings. The number of nitrogens with one attached hydrogen (secondary N) is 1. The van der Waals surface area contributed by atoms with E-state index in [1.54, 1.807) is 7.05 Å². The van der Waals surface area contributed by atoms with Crippen LogP contribution in [0.5, 0.6) is 0 Å². The summed E-state index contributed by atoms with van der Waals surface area (Å²) in [7, 11) is 3.13. The number of carboxylic acid groups (broad SMARTS) is 1. The Kier molecular flexibility index (Phi) is 6.29. The van der Waals surface area contributed by atoms with Gasteiger partial charge in [0.1, 0.15) is 0 Å². The van der Waals surface area contributed by atoms with Crippen LogP contribution in [0.3, 0.4) is 0 Å². The predicted octanol–water partition coefficient (Wildman–Crippen LogP) is 1.95. The first-order valence-corrected chi connectivity index (χ1v) is 9.92. The molecule has 8 nitrogen and oxygen atoms in total. The zero-order valence-corrected chi connectivity index (χ0v) is 17.5. The van der Waals surface area contributed by atoms with E-state index in [4.69, 9.17) is 9.90 Å². The fraction of sp³-hybridized carbons (Fsp3) is 0.429. The van der Waals surface area contributed by atoms with E-state index in [2.05, 4.69) is 11.4 Å². The van der Waals surface area contributed by atoms with Crippen molar-refractivity contribution >= 4 is 17.4 Å². The fourth-order valence-corrected chi connectivity index (χ4v) is 4.02. The summed E-state index contributed by atoms with van der Waals surface area (Å²) in [4.78, 5) is 45.3. The SMILES string of the molecule is Cn1c(CNc2c3c(cc4c2C(=O)CC4)CCC3)cc(=O)n(C)c1=O.O=C(O)C(F)(F)F. The summed E-state index contributed by atoms with van der Waals surface area (Å²) in [6, 6.07) is 3.67. The van der Waals surface area contributed by atoms with Crippen molar-refractivity contribution in [3.05, 3.63) is 60.9 Å². The molecule has 0 saturated heterocycles. The van der Waals surface area contributed by atoms with Crippen LogP contribution in [0.15, 0.2) is 21.7 Å². The van der Waals surface area contributed by atoms with Gasteiger partial charge in [-0.05, 0) is 42.4 Å². The number of Topliss-reactive ketones (excluding diaryl/α,β-unsaturated/α-hetero) is 1. The van der Waals surface area contributed by atoms with E-state index < -0.39 is 12.1 Å². The highest BCUT2D eigenvalue weighted by atomic mass is 19.4. The van der Waals surface area contributed by atoms with Gasteiger partial charge in [-0.3, -0.25) is 18.7 Å². The lowest BCUT2D eigenvalue weighted by molar-refractivity contribution is -0.192. The number of carboxylic acids is 1. The summed E-state index contributed by atoms with van der Waals surface area (Å²) in [5.74, 6) is -2.57. The maximum Gasteiger partial charge on any atom is 0.490 e. The van der Waals surface area contributed by atoms with Crippen LogP contribution in [-0.2, 0) is 44.7 Å². The second-order valence-electron chi connectivity index (χ2n) is 7.73. The highest BCUT2D eigenvalue weighted by Crippen LogP contribution is 2.38. The van der Waals surface area contributed by atoms with Gasteiger partial charge in [-0.2, -0.15) is 13.2 Å². The molecule has 0 radical (unpaired) electrons. The van der Waals surface area contributed by atoms with Crippen LogP contribution in [0.25, 0.3) is 0 Å². The molecule has 2 aliphatic carbocycles. The first kappa shape index (κ1) is 23.3. The Morgan fingerprint density at radius 2 is 1.69 bits per heavy atom. The van der Waals surface area contributed by atoms with Crippen molar-refractivity contribution < 1.29 is 27.9 Å². The Morgan fingerprint density at radius 1 is 1.03 bits per heavy atom. The van der Waals surface area contributed by atoms with Gasteiger partial charge in [-0.15, -0.1) is 0 Å². The summed E-state index contributed by atoms with van der Waals surface area (Å²) in [5.41, 5.74) is 5.36. The predicted molar refractivity (Wildman–Crippen MR) is 109 cm³/mol. The van der Waals surface area contributed by atoms with Crippen molar-refractivity contribution in [3.8, 4) is 0 Å². The van der Waals surface area contributed by atoms with E-state index >= 15 is 0 Å². The van der Waals surface area contributed by atoms with Gasteiger partial charge in [-0.1, -0.05) is 6.07 Å². The molecule has 0 bridgehead atoms. The van der Waals surface area contributed by atoms with Crippen LogP contribution in [0.2, 0.25) is 0 Å². The molecule has 0 spiro atoms. The quantitative estimate of drug-likeness (QED) is 0.735. The number of carbonyl (C=O) groups is 2. The van der Waals surface area contributed by atoms with Crippen molar-refractivity contribution in [3.63, 3.8) is 0 Å². The van der Waals surface area contributed by atoms with Crippen molar-refractivity contribution in [1.29, 1.82) is 0 Å². The maximum absolute atomic E-state index is 12.4. The molecule has 32 heavy (non-hydrogen) atoms. The van der Waals surface area contributed by atoms with Gasteiger partial charge in [0, 0.05) is 43.5 Å². The molecule has 11 heteroatoms. The number of alkyl halides is 3. The van der Waals surface area contributed by atoms with E-state index in [0.29, 0.717) is 18.7 Å². The van der Waals surface area contributed by atoms with E-state index in [1.165, 1.54) is 28.8 Å². The van der Waals surface area contributed by atoms with Crippen LogP contribution in [0.4, 0.5) is 18.9 Å². The number of nitrogens with zero attached hydrogens (tertiary/aromatic N) is 2. The van der Waals surface area contributed by atoms with Crippen molar-refractivity contribution in [2.45, 2.75) is 44.8 Å². The third-order valence-electron chi connectivity index (χ3n) is 5.70. The highest BCUT2D eigenvalue weighted by Gasteiger charge is 2.38. The summed E-state index contributed by atoms with van der Waals surface area (Å²) in [6.07, 6.45) is -0.590. The number of anilines is 1. The number of aliphatic carboxylic acids is 1. The number of rotatable bonds is 3. The molecule has 2 aromatic rings. The first-order chi connectivity index (χ1) is 14.9. The zero-order valence-electron chi connectivity index (χ0n) is 17.5. The molecule has 2 N–H and O–H groups in total. The Hall–Kier alpha value is -3.37. The first-order valence-electron chi connectivity index (χ1n) is 9.92. The number of hydrogen-bond acceptors (Lipinski definition) is 5. The lowest BCUT2D eigenvalue weighted by atomic mass is 9.98. The molecule has 172 valence electrons. The molecule has 0 saturated carbocycles. The molecular formula is C21H22F3N3O5. The van der Waals surface area contributed by atoms with E-state index in [0.717, 1.165) is 47.1 Å². The van der Waals surface area contributed by atoms with Gasteiger partial charge >= 0.3 is 17.8 Å². The van der Waals surface area contributed by atoms with Crippen LogP contribution in [0, 0.1) is 0 Å². The third-order valence-corrected chi connectivity index (χ3v) is 5.70. The molecular weight excluding hydrogens is 431 g/mol. The van der Waals surface area contributed by atoms with Crippen molar-refractivity contribution in [2.24, 2.45) is 14.1 Å². The van der Waals surface area contributed by atoms with Crippen LogP contribution >= 0.6 is 0 Å². The van der Waals surface area contributed by atoms with Gasteiger partial charge in [0.15, 0.2) is 5.78 Å². The lowest BCUT2D eigenvalue weighted by Crippen LogP contribution is -2.38. The van der Waals surface area contributed by atoms with Crippen LogP contribution < -0.4 is 16.6 Å². The molecule has 1 aromatic heterocycles. The number of hydrogen-bond donors (Lipinski definition) is 2. The summed E-state index contributed by atoms with van der Waals surface area (Å²) >= 11 is 0. The van der Waals surface area contributed by atoms with Gasteiger partial charge in [0.05, 0.1) is 6.54 Å². The normalized spacial score (nSPS) is 14.5. The lowest BCUT2D eigenvalue weighted by Gasteiger charge is -2.17. The molecule has 4 rings (SSSR count). The number of fused-ring (bicyclic) bond motifs is 2. The Morgan fingerprint density at radius 3 is 2.31 bits per heavy atom. The van der Waals surface area contributed by atoms with Crippen LogP contribution in [-0.4, -0.2) is 32.2 Å². The number of ketones is 1. The number of carbonyl (C=O) groups excluding carboxylic acids is 1. The molecule has 0 amide bonds. The second kappa shape index (κ2) is 8.64. The topological polar surface area (TPSA) is 110 Å². The molecule has 1 heterocycles. The number of halogens is 3. The van der Waals surface area contributed by atoms with Crippen molar-refractivity contribution in [2.75, 3.05) is 5.32 Å². The summed E-state index contributed by atoms with van der Waals surface area (Å²) < 4.78 is 34.3. The number of aryl methyl sites for hydroxylation is 2. The second-order valence-corrected chi connectivity index (χ2v) is 7.73. The Bertz CT molecular complexity index is 1210. The monoisotopic (exact) mass is 453 g/mol. The van der Waals surface area contributed by atoms with Gasteiger partial charge in [-0.25, -0.2) is 9.59 Å². The minimum atomic E-state index is -5.08. The standard InChI is InChI=1S/C19H21N3O3.C2HF3O2/c1-21-13(9-16(24)22(2)19(21)25)10-20-18-14-5-3-4-11(14)8-12-6-7-15(23)17(12)18;3-2(4,5)1(6)7/h8-9,20H,3-7,10H2,1-2H3;(H,6,7). The average molecular weight is 453 g/mol. The molecule has 0 fully saturated rings. The van der Waals surface area contributed by atoms with Crippen LogP contribution in [0.1, 0.15) is 45.6 Å². The van der Waals surface area contributed by atoms with E-state index in [1.807, 2.05) is 0 Å². The summed E-state index contributed by atoms with van der Waals surface area (Å²) in [5, 5.41) is 10.5. The summed E-state index contributed by atoms with van der Waals surface area (Å²) in [6.45, 7) is 0.345. The Balaban J connectivity index is 0.000000360. The van der Waals surface area contributed by atoms with E-state index in [9.17, 15) is 27.6 Å². The molecule has 0 atom stereocenters. The number of benzene rings is 1. The Labute approximate surface area is 180 Å². The highest BCUT2D eigenvalue weighted by molar-refractivity contribution is 6.06. The van der Waals surface area contributed by atoms with E-state index in [-0.39, 0.29) is 17.0 Å². The van der Waals surface area contributed by atoms with Gasteiger partial charge in [0.25, 0.3) is 5.56 Å². The minimum Gasteiger partial charge on any atom is -0.475 e. The number of aromatic nitrogens is 2. The zero-order chi connectivity index (χ0) is 23.8. The fourth-order valence-electron chi connectivity index (χ4n) is 4.02. The van der Waals surface area contributed by atoms with Crippen molar-refractivity contribution in [1.82, 2.24) is 9.13 Å². The largest absolute Gasteiger partial charge is 0.490 e. The molecule has 0 aliphatic heterocycles. The minimum absolute atomic E-state index is 0.185. The molecule has 1 aromatic carbocycles. The van der Waals surface area contributed by atoms with Gasteiger partial charge < -0.3 is 10.4 Å². The van der Waals surface area contributed by atoms with Gasteiger partial charge in [0.2, 0.25) is 0 Å². The smallest absolute Gasteiger partial charge is 0.475 e. The average Bonchev–Trinajstić information content (AvgIpc) is 3.33. The third kappa shape index (κ3) is 4.46. The maximum atomic E-state index is 12.4.